The second-order valence-electron chi connectivity index (χ2n) is 12.4. The third kappa shape index (κ3) is 6.69. The molecule has 5 rings (SSSR count). The first-order chi connectivity index (χ1) is 20.7. The molecule has 1 aromatic carbocycles. The maximum atomic E-state index is 14.7. The van der Waals surface area contributed by atoms with E-state index in [0.29, 0.717) is 38.7 Å². The highest BCUT2D eigenvalue weighted by atomic mass is 35.5. The molecular formula is C32H45ClN6O3S. The van der Waals surface area contributed by atoms with Gasteiger partial charge in [-0.15, -0.1) is 23.4 Å². The molecule has 0 radical (unpaired) electrons. The van der Waals surface area contributed by atoms with E-state index in [1.54, 1.807) is 16.7 Å². The Morgan fingerprint density at radius 3 is 2.74 bits per heavy atom. The number of amides is 1. The molecule has 8 atom stereocenters. The van der Waals surface area contributed by atoms with Gasteiger partial charge in [-0.3, -0.25) is 25.1 Å². The lowest BCUT2D eigenvalue weighted by Gasteiger charge is -2.52. The second-order valence-corrected chi connectivity index (χ2v) is 14.4. The lowest BCUT2D eigenvalue weighted by atomic mass is 9.81. The molecule has 0 saturated carbocycles. The highest BCUT2D eigenvalue weighted by molar-refractivity contribution is 8.01. The summed E-state index contributed by atoms with van der Waals surface area (Å²) < 4.78 is 5.65. The first-order valence-corrected chi connectivity index (χ1v) is 16.8. The predicted molar refractivity (Wildman–Crippen MR) is 170 cm³/mol. The van der Waals surface area contributed by atoms with Crippen molar-refractivity contribution in [2.45, 2.75) is 91.6 Å². The smallest absolute Gasteiger partial charge is 0.246 e. The van der Waals surface area contributed by atoms with Crippen LogP contribution in [0.1, 0.15) is 45.1 Å². The Bertz CT molecular complexity index is 1230. The van der Waals surface area contributed by atoms with Crippen LogP contribution in [0.4, 0.5) is 0 Å². The van der Waals surface area contributed by atoms with Gasteiger partial charge in [0.2, 0.25) is 5.91 Å². The molecule has 0 spiro atoms. The first-order valence-electron chi connectivity index (χ1n) is 15.5. The molecule has 4 heterocycles. The number of nitriles is 1. The fraction of sp³-hybridized carbons (Fsp3) is 0.656. The minimum Gasteiger partial charge on any atom is -0.348 e. The van der Waals surface area contributed by atoms with Gasteiger partial charge in [-0.1, -0.05) is 31.7 Å². The van der Waals surface area contributed by atoms with Gasteiger partial charge in [0.05, 0.1) is 47.5 Å². The predicted octanol–water partition coefficient (Wildman–Crippen LogP) is 3.19. The second kappa shape index (κ2) is 14.0. The maximum Gasteiger partial charge on any atom is 0.246 e. The van der Waals surface area contributed by atoms with Gasteiger partial charge in [-0.2, -0.15) is 5.26 Å². The van der Waals surface area contributed by atoms with Gasteiger partial charge in [-0.25, -0.2) is 0 Å². The summed E-state index contributed by atoms with van der Waals surface area (Å²) in [5, 5.41) is 16.5. The van der Waals surface area contributed by atoms with Gasteiger partial charge in [-0.05, 0) is 63.9 Å². The number of hydrogen-bond acceptors (Lipinski definition) is 9. The highest BCUT2D eigenvalue weighted by Crippen LogP contribution is 2.47. The lowest BCUT2D eigenvalue weighted by molar-refractivity contribution is -0.140. The van der Waals surface area contributed by atoms with E-state index in [0.717, 1.165) is 30.7 Å². The molecule has 3 fully saturated rings. The van der Waals surface area contributed by atoms with E-state index in [-0.39, 0.29) is 41.6 Å². The van der Waals surface area contributed by atoms with Crippen molar-refractivity contribution >= 4 is 35.1 Å². The van der Waals surface area contributed by atoms with E-state index in [2.05, 4.69) is 59.2 Å². The average molecular weight is 629 g/mol. The Hall–Kier alpha value is -1.97. The summed E-state index contributed by atoms with van der Waals surface area (Å²) in [5.41, 5.74) is 1.18. The first kappa shape index (κ1) is 32.4. The third-order valence-corrected chi connectivity index (χ3v) is 12.1. The van der Waals surface area contributed by atoms with Crippen molar-refractivity contribution in [2.24, 2.45) is 5.92 Å². The minimum atomic E-state index is -0.822. The van der Waals surface area contributed by atoms with E-state index in [9.17, 15) is 14.9 Å². The van der Waals surface area contributed by atoms with E-state index < -0.39 is 17.1 Å². The van der Waals surface area contributed by atoms with Crippen LogP contribution in [-0.4, -0.2) is 107 Å². The molecule has 3 saturated heterocycles. The molecular weight excluding hydrogens is 584 g/mol. The number of ether oxygens (including phenoxy) is 1. The SMILES string of the molecule is C=CC(=O)N1CCN(C2NC(OCC3CCCN3C)NC(C(=O)[C@]3(C)Sc4ccccc4CC3Cl)C2CC)CC1CC#N. The van der Waals surface area contributed by atoms with Crippen LogP contribution in [0, 0.1) is 17.2 Å². The topological polar surface area (TPSA) is 101 Å². The van der Waals surface area contributed by atoms with E-state index >= 15 is 0 Å². The standard InChI is InChI=1S/C32H45ClN6O3S/c1-5-24-28(29(41)32(3)26(33)18-21-10-7-8-12-25(21)43-32)35-31(42-20-23-11-9-15-37(23)4)36-30(24)38-16-17-39(27(40)6-2)22(19-38)13-14-34/h6-8,10,12,22-24,26,28,30-31,35-36H,2,5,9,11,13,15-20H2,1,3-4H3/t22?,23?,24?,26?,28?,30?,31?,32-/m1/s1. The Balaban J connectivity index is 1.42. The van der Waals surface area contributed by atoms with Crippen LogP contribution in [0.15, 0.2) is 41.8 Å². The summed E-state index contributed by atoms with van der Waals surface area (Å²) in [7, 11) is 2.13. The fourth-order valence-electron chi connectivity index (χ4n) is 7.18. The minimum absolute atomic E-state index is 0.0793. The fourth-order valence-corrected chi connectivity index (χ4v) is 8.91. The van der Waals surface area contributed by atoms with Gasteiger partial charge in [0.15, 0.2) is 12.1 Å². The van der Waals surface area contributed by atoms with Gasteiger partial charge < -0.3 is 14.5 Å². The third-order valence-electron chi connectivity index (χ3n) is 9.84. The largest absolute Gasteiger partial charge is 0.348 e. The molecule has 0 aliphatic carbocycles. The van der Waals surface area contributed by atoms with Crippen molar-refractivity contribution in [1.82, 2.24) is 25.3 Å². The van der Waals surface area contributed by atoms with Gasteiger partial charge in [0, 0.05) is 36.5 Å². The number of Topliss-reactive ketones (excluding diaryl/α,β-unsaturated/α-hetero) is 1. The number of piperazine rings is 1. The molecule has 0 aromatic heterocycles. The quantitative estimate of drug-likeness (QED) is 0.315. The number of carbonyl (C=O) groups excluding carboxylic acids is 2. The number of carbonyl (C=O) groups is 2. The van der Waals surface area contributed by atoms with Gasteiger partial charge in [0.25, 0.3) is 0 Å². The summed E-state index contributed by atoms with van der Waals surface area (Å²) >= 11 is 8.62. The normalized spacial score (nSPS) is 35.2. The molecule has 11 heteroatoms. The molecule has 1 amide bonds. The monoisotopic (exact) mass is 628 g/mol. The van der Waals surface area contributed by atoms with Crippen molar-refractivity contribution < 1.29 is 14.3 Å². The Labute approximate surface area is 265 Å². The summed E-state index contributed by atoms with van der Waals surface area (Å²) in [4.78, 5) is 34.8. The number of benzene rings is 1. The van der Waals surface area contributed by atoms with Crippen LogP contribution in [0.25, 0.3) is 0 Å². The number of nitrogens with one attached hydrogen (secondary N) is 2. The summed E-state index contributed by atoms with van der Waals surface area (Å²) in [5.74, 6) is -0.147. The number of likely N-dealkylation sites (tertiary alicyclic amines) is 1. The zero-order valence-electron chi connectivity index (χ0n) is 25.5. The Morgan fingerprint density at radius 1 is 1.26 bits per heavy atom. The van der Waals surface area contributed by atoms with Crippen molar-refractivity contribution in [1.29, 1.82) is 5.26 Å². The highest BCUT2D eigenvalue weighted by Gasteiger charge is 2.53. The molecule has 2 N–H and O–H groups in total. The van der Waals surface area contributed by atoms with Crippen molar-refractivity contribution in [2.75, 3.05) is 39.8 Å². The molecule has 4 aliphatic heterocycles. The van der Waals surface area contributed by atoms with Crippen LogP contribution < -0.4 is 10.6 Å². The number of fused-ring (bicyclic) bond motifs is 1. The average Bonchev–Trinajstić information content (AvgIpc) is 3.43. The molecule has 1 aromatic rings. The number of ketones is 1. The molecule has 9 nitrogen and oxygen atoms in total. The number of alkyl halides is 1. The Morgan fingerprint density at radius 2 is 2.05 bits per heavy atom. The van der Waals surface area contributed by atoms with Crippen molar-refractivity contribution in [3.63, 3.8) is 0 Å². The zero-order valence-corrected chi connectivity index (χ0v) is 27.1. The van der Waals surface area contributed by atoms with Crippen LogP contribution >= 0.6 is 23.4 Å². The molecule has 7 unspecified atom stereocenters. The van der Waals surface area contributed by atoms with Crippen LogP contribution in [-0.2, 0) is 20.7 Å². The van der Waals surface area contributed by atoms with E-state index in [4.69, 9.17) is 16.3 Å². The Kier molecular flexibility index (Phi) is 10.5. The zero-order chi connectivity index (χ0) is 30.7. The molecule has 4 aliphatic rings. The number of rotatable bonds is 9. The number of halogens is 1. The molecule has 234 valence electrons. The number of thioether (sulfide) groups is 1. The number of likely N-dealkylation sites (N-methyl/N-ethyl adjacent to an activating group) is 1. The van der Waals surface area contributed by atoms with Gasteiger partial charge >= 0.3 is 0 Å². The maximum absolute atomic E-state index is 14.7. The van der Waals surface area contributed by atoms with Crippen molar-refractivity contribution in [3.8, 4) is 6.07 Å². The molecule has 0 bridgehead atoms. The summed E-state index contributed by atoms with van der Waals surface area (Å²) in [6.07, 6.45) is 4.46. The molecule has 43 heavy (non-hydrogen) atoms. The number of nitrogens with zero attached hydrogens (tertiary/aromatic N) is 4. The van der Waals surface area contributed by atoms with Gasteiger partial charge in [0.1, 0.15) is 0 Å². The number of hydrogen-bond donors (Lipinski definition) is 2. The summed E-state index contributed by atoms with van der Waals surface area (Å²) in [6.45, 7) is 11.0. The van der Waals surface area contributed by atoms with E-state index in [1.165, 1.54) is 11.6 Å². The van der Waals surface area contributed by atoms with Crippen LogP contribution in [0.3, 0.4) is 0 Å². The van der Waals surface area contributed by atoms with Crippen LogP contribution in [0.2, 0.25) is 0 Å². The van der Waals surface area contributed by atoms with Crippen molar-refractivity contribution in [3.05, 3.63) is 42.5 Å². The lowest BCUT2D eigenvalue weighted by Crippen LogP contribution is -2.74. The van der Waals surface area contributed by atoms with E-state index in [1.807, 2.05) is 19.1 Å². The summed E-state index contributed by atoms with van der Waals surface area (Å²) in [6, 6.07) is 10.0. The van der Waals surface area contributed by atoms with Crippen LogP contribution in [0.5, 0.6) is 0 Å².